The van der Waals surface area contributed by atoms with Gasteiger partial charge in [0.1, 0.15) is 23.9 Å². The Hall–Kier alpha value is -2.93. The molecule has 3 aromatic rings. The second-order valence-corrected chi connectivity index (χ2v) is 12.9. The Bertz CT molecular complexity index is 1500. The van der Waals surface area contributed by atoms with Crippen molar-refractivity contribution in [2.24, 2.45) is 0 Å². The Morgan fingerprint density at radius 2 is 1.86 bits per heavy atom. The van der Waals surface area contributed by atoms with Crippen LogP contribution in [0.3, 0.4) is 0 Å². The molecular formula is C23H24ClN3O7S2. The molecule has 1 atom stereocenters. The summed E-state index contributed by atoms with van der Waals surface area (Å²) < 4.78 is 56.3. The maximum absolute atomic E-state index is 13.0. The molecular weight excluding hydrogens is 530 g/mol. The van der Waals surface area contributed by atoms with E-state index in [0.717, 1.165) is 23.9 Å². The molecule has 0 bridgehead atoms. The topological polar surface area (TPSA) is 145 Å². The van der Waals surface area contributed by atoms with Gasteiger partial charge in [0, 0.05) is 23.6 Å². The minimum atomic E-state index is -3.75. The zero-order valence-corrected chi connectivity index (χ0v) is 21.6. The number of nitrogens with one attached hydrogen (secondary N) is 1. The van der Waals surface area contributed by atoms with Crippen LogP contribution in [0.25, 0.3) is 0 Å². The number of ether oxygens (including phenoxy) is 1. The van der Waals surface area contributed by atoms with E-state index in [0.29, 0.717) is 18.6 Å². The van der Waals surface area contributed by atoms with Gasteiger partial charge in [-0.2, -0.15) is 5.10 Å². The molecule has 13 heteroatoms. The number of rotatable bonds is 9. The molecule has 192 valence electrons. The minimum absolute atomic E-state index is 0.0115. The van der Waals surface area contributed by atoms with Gasteiger partial charge in [0.05, 0.1) is 21.0 Å². The SMILES string of the molecule is CS(=O)(=O)c1ccc(Oc2ccc(S(=O)(=O)CN[C@@H]3CCCc4c3cnn4CC(=O)O)cc2Cl)cc1. The average molecular weight is 554 g/mol. The van der Waals surface area contributed by atoms with Gasteiger partial charge in [0.15, 0.2) is 19.7 Å². The van der Waals surface area contributed by atoms with Crippen LogP contribution in [0.1, 0.15) is 30.1 Å². The summed E-state index contributed by atoms with van der Waals surface area (Å²) in [4.78, 5) is 11.2. The van der Waals surface area contributed by atoms with Crippen LogP contribution in [0, 0.1) is 0 Å². The number of benzene rings is 2. The van der Waals surface area contributed by atoms with Crippen LogP contribution in [-0.2, 0) is 37.4 Å². The van der Waals surface area contributed by atoms with Gasteiger partial charge in [-0.25, -0.2) is 16.8 Å². The highest BCUT2D eigenvalue weighted by Crippen LogP contribution is 2.33. The number of sulfone groups is 2. The van der Waals surface area contributed by atoms with Crippen molar-refractivity contribution in [1.82, 2.24) is 15.1 Å². The molecule has 1 aromatic heterocycles. The zero-order valence-electron chi connectivity index (χ0n) is 19.2. The number of fused-ring (bicyclic) bond motifs is 1. The summed E-state index contributed by atoms with van der Waals surface area (Å²) in [5.41, 5.74) is 1.61. The van der Waals surface area contributed by atoms with E-state index in [9.17, 15) is 21.6 Å². The van der Waals surface area contributed by atoms with Crippen molar-refractivity contribution in [2.45, 2.75) is 41.6 Å². The van der Waals surface area contributed by atoms with E-state index >= 15 is 0 Å². The second kappa shape index (κ2) is 10.2. The number of nitrogens with zero attached hydrogens (tertiary/aromatic N) is 2. The lowest BCUT2D eigenvalue weighted by Gasteiger charge is -2.24. The first-order chi connectivity index (χ1) is 16.9. The van der Waals surface area contributed by atoms with E-state index in [1.807, 2.05) is 0 Å². The fourth-order valence-corrected chi connectivity index (χ4v) is 6.10. The molecule has 36 heavy (non-hydrogen) atoms. The van der Waals surface area contributed by atoms with Crippen molar-refractivity contribution >= 4 is 37.2 Å². The average Bonchev–Trinajstić information content (AvgIpc) is 3.21. The first-order valence-corrected chi connectivity index (χ1v) is 14.9. The van der Waals surface area contributed by atoms with E-state index in [1.165, 1.54) is 47.1 Å². The molecule has 0 saturated heterocycles. The van der Waals surface area contributed by atoms with Crippen LogP contribution >= 0.6 is 11.6 Å². The number of aliphatic carboxylic acids is 1. The fraction of sp³-hybridized carbons (Fsp3) is 0.304. The molecule has 0 radical (unpaired) electrons. The summed E-state index contributed by atoms with van der Waals surface area (Å²) in [6.45, 7) is -0.241. The summed E-state index contributed by atoms with van der Waals surface area (Å²) in [5, 5.41) is 16.3. The molecule has 0 aliphatic heterocycles. The summed E-state index contributed by atoms with van der Waals surface area (Å²) in [6, 6.07) is 9.65. The molecule has 0 spiro atoms. The third kappa shape index (κ3) is 5.89. The summed E-state index contributed by atoms with van der Waals surface area (Å²) in [6.07, 6.45) is 4.86. The van der Waals surface area contributed by atoms with Gasteiger partial charge < -0.3 is 9.84 Å². The second-order valence-electron chi connectivity index (χ2n) is 8.44. The Morgan fingerprint density at radius 3 is 2.50 bits per heavy atom. The van der Waals surface area contributed by atoms with Crippen molar-refractivity contribution in [2.75, 3.05) is 12.1 Å². The number of halogens is 1. The van der Waals surface area contributed by atoms with E-state index < -0.39 is 25.6 Å². The van der Waals surface area contributed by atoms with E-state index in [4.69, 9.17) is 21.4 Å². The van der Waals surface area contributed by atoms with Crippen LogP contribution in [0.5, 0.6) is 11.5 Å². The number of hydrogen-bond donors (Lipinski definition) is 2. The molecule has 1 heterocycles. The van der Waals surface area contributed by atoms with Crippen LogP contribution < -0.4 is 10.1 Å². The molecule has 1 aliphatic carbocycles. The first kappa shape index (κ1) is 26.1. The summed E-state index contributed by atoms with van der Waals surface area (Å²) >= 11 is 6.28. The largest absolute Gasteiger partial charge is 0.480 e. The van der Waals surface area contributed by atoms with Gasteiger partial charge in [-0.05, 0) is 61.7 Å². The molecule has 1 aliphatic rings. The van der Waals surface area contributed by atoms with Crippen molar-refractivity contribution in [3.05, 3.63) is 64.9 Å². The van der Waals surface area contributed by atoms with E-state index in [-0.39, 0.29) is 39.0 Å². The van der Waals surface area contributed by atoms with Crippen molar-refractivity contribution < 1.29 is 31.5 Å². The third-order valence-electron chi connectivity index (χ3n) is 5.81. The Balaban J connectivity index is 1.44. The lowest BCUT2D eigenvalue weighted by molar-refractivity contribution is -0.137. The normalized spacial score (nSPS) is 15.9. The third-order valence-corrected chi connectivity index (χ3v) is 8.75. The van der Waals surface area contributed by atoms with Crippen LogP contribution in [0.2, 0.25) is 5.02 Å². The summed E-state index contributed by atoms with van der Waals surface area (Å²) in [7, 11) is -7.09. The van der Waals surface area contributed by atoms with Crippen LogP contribution in [-0.4, -0.2) is 49.8 Å². The maximum atomic E-state index is 13.0. The monoisotopic (exact) mass is 553 g/mol. The number of carboxylic acids is 1. The maximum Gasteiger partial charge on any atom is 0.325 e. The number of hydrogen-bond acceptors (Lipinski definition) is 8. The van der Waals surface area contributed by atoms with Crippen molar-refractivity contribution in [1.29, 1.82) is 0 Å². The molecule has 0 unspecified atom stereocenters. The van der Waals surface area contributed by atoms with Crippen molar-refractivity contribution in [3.63, 3.8) is 0 Å². The smallest absolute Gasteiger partial charge is 0.325 e. The molecule has 0 fully saturated rings. The van der Waals surface area contributed by atoms with Gasteiger partial charge in [-0.1, -0.05) is 11.6 Å². The lowest BCUT2D eigenvalue weighted by Crippen LogP contribution is -2.30. The summed E-state index contributed by atoms with van der Waals surface area (Å²) in [5.74, 6) is -0.768. The van der Waals surface area contributed by atoms with Gasteiger partial charge >= 0.3 is 5.97 Å². The van der Waals surface area contributed by atoms with E-state index in [1.54, 1.807) is 6.20 Å². The number of carbonyl (C=O) groups is 1. The molecule has 0 amide bonds. The molecule has 0 saturated carbocycles. The minimum Gasteiger partial charge on any atom is -0.480 e. The van der Waals surface area contributed by atoms with Crippen LogP contribution in [0.4, 0.5) is 0 Å². The quantitative estimate of drug-likeness (QED) is 0.408. The Kier molecular flexibility index (Phi) is 7.41. The van der Waals surface area contributed by atoms with Crippen molar-refractivity contribution in [3.8, 4) is 11.5 Å². The highest BCUT2D eigenvalue weighted by Gasteiger charge is 2.27. The zero-order chi connectivity index (χ0) is 26.1. The highest BCUT2D eigenvalue weighted by atomic mass is 35.5. The van der Waals surface area contributed by atoms with Gasteiger partial charge in [-0.3, -0.25) is 14.8 Å². The van der Waals surface area contributed by atoms with Crippen LogP contribution in [0.15, 0.2) is 58.5 Å². The molecule has 4 rings (SSSR count). The predicted molar refractivity (Wildman–Crippen MR) is 132 cm³/mol. The number of aromatic nitrogens is 2. The van der Waals surface area contributed by atoms with Gasteiger partial charge in [0.2, 0.25) is 0 Å². The highest BCUT2D eigenvalue weighted by molar-refractivity contribution is 7.91. The van der Waals surface area contributed by atoms with E-state index in [2.05, 4.69) is 10.4 Å². The fourth-order valence-electron chi connectivity index (χ4n) is 4.03. The first-order valence-electron chi connectivity index (χ1n) is 10.9. The van der Waals surface area contributed by atoms with Gasteiger partial charge in [0.25, 0.3) is 0 Å². The molecule has 2 N–H and O–H groups in total. The lowest BCUT2D eigenvalue weighted by atomic mass is 9.93. The molecule has 2 aromatic carbocycles. The predicted octanol–water partition coefficient (Wildman–Crippen LogP) is 3.22. The molecule has 10 nitrogen and oxygen atoms in total. The number of carboxylic acid groups (broad SMARTS) is 1. The Morgan fingerprint density at radius 1 is 1.17 bits per heavy atom. The standard InChI is InChI=1S/C23H24ClN3O7S2/c1-35(30,31)16-7-5-15(6-8-16)34-22-10-9-17(11-19(22)24)36(32,33)14-25-20-3-2-4-21-18(20)12-26-27(21)13-23(28)29/h5-12,20,25H,2-4,13-14H2,1H3,(H,28,29)/t20-/m1/s1. The van der Waals surface area contributed by atoms with Gasteiger partial charge in [-0.15, -0.1) is 0 Å². The Labute approximate surface area is 213 Å².